The third kappa shape index (κ3) is 1.93. The van der Waals surface area contributed by atoms with E-state index in [4.69, 9.17) is 0 Å². The Kier molecular flexibility index (Phi) is 3.08. The van der Waals surface area contributed by atoms with Crippen molar-refractivity contribution in [1.29, 1.82) is 0 Å². The van der Waals surface area contributed by atoms with Crippen LogP contribution in [0.2, 0.25) is 0 Å². The first kappa shape index (κ1) is 11.7. The third-order valence-electron chi connectivity index (χ3n) is 4.18. The lowest BCUT2D eigenvalue weighted by atomic mass is 9.81. The summed E-state index contributed by atoms with van der Waals surface area (Å²) < 4.78 is 2.22. The second kappa shape index (κ2) is 4.73. The fourth-order valence-electron chi connectivity index (χ4n) is 3.00. The lowest BCUT2D eigenvalue weighted by Crippen LogP contribution is -2.22. The van der Waals surface area contributed by atoms with Gasteiger partial charge in [-0.1, -0.05) is 31.4 Å². The van der Waals surface area contributed by atoms with Gasteiger partial charge in [-0.2, -0.15) is 0 Å². The first-order valence-corrected chi connectivity index (χ1v) is 6.84. The van der Waals surface area contributed by atoms with Crippen molar-refractivity contribution in [2.75, 3.05) is 6.61 Å². The van der Waals surface area contributed by atoms with Gasteiger partial charge in [-0.25, -0.2) is 4.98 Å². The van der Waals surface area contributed by atoms with Crippen LogP contribution in [0.1, 0.15) is 37.5 Å². The van der Waals surface area contributed by atoms with Crippen LogP contribution >= 0.6 is 0 Å². The van der Waals surface area contributed by atoms with Gasteiger partial charge in [0.15, 0.2) is 0 Å². The van der Waals surface area contributed by atoms with Crippen LogP contribution in [0.25, 0.3) is 11.0 Å². The average molecular weight is 244 g/mol. The van der Waals surface area contributed by atoms with E-state index >= 15 is 0 Å². The van der Waals surface area contributed by atoms with Crippen molar-refractivity contribution in [3.63, 3.8) is 0 Å². The highest BCUT2D eigenvalue weighted by Crippen LogP contribution is 2.35. The van der Waals surface area contributed by atoms with E-state index in [-0.39, 0.29) is 12.6 Å². The zero-order valence-corrected chi connectivity index (χ0v) is 10.8. The van der Waals surface area contributed by atoms with Crippen LogP contribution in [0.4, 0.5) is 0 Å². The number of benzene rings is 1. The minimum atomic E-state index is 0.183. The maximum atomic E-state index is 9.70. The number of imidazole rings is 1. The molecule has 1 aromatic heterocycles. The van der Waals surface area contributed by atoms with Gasteiger partial charge in [0.2, 0.25) is 0 Å². The quantitative estimate of drug-likeness (QED) is 0.897. The highest BCUT2D eigenvalue weighted by Gasteiger charge is 2.24. The minimum Gasteiger partial charge on any atom is -0.394 e. The first-order chi connectivity index (χ1) is 8.79. The molecule has 1 atom stereocenters. The zero-order chi connectivity index (χ0) is 12.5. The summed E-state index contributed by atoms with van der Waals surface area (Å²) in [7, 11) is 0. The number of nitrogens with zero attached hydrogens (tertiary/aromatic N) is 2. The number of aromatic nitrogens is 2. The molecule has 1 aliphatic rings. The Morgan fingerprint density at radius 1 is 1.39 bits per heavy atom. The van der Waals surface area contributed by atoms with Gasteiger partial charge >= 0.3 is 0 Å². The summed E-state index contributed by atoms with van der Waals surface area (Å²) in [5, 5.41) is 9.70. The molecule has 96 valence electrons. The van der Waals surface area contributed by atoms with E-state index in [2.05, 4.69) is 15.6 Å². The van der Waals surface area contributed by atoms with Crippen LogP contribution in [0.5, 0.6) is 0 Å². The van der Waals surface area contributed by atoms with Gasteiger partial charge in [0.25, 0.3) is 0 Å². The average Bonchev–Trinajstić information content (AvgIpc) is 2.65. The molecule has 2 aromatic rings. The van der Waals surface area contributed by atoms with Crippen LogP contribution in [-0.2, 0) is 0 Å². The Morgan fingerprint density at radius 2 is 2.17 bits per heavy atom. The van der Waals surface area contributed by atoms with E-state index in [1.54, 1.807) is 0 Å². The van der Waals surface area contributed by atoms with Gasteiger partial charge in [-0.3, -0.25) is 0 Å². The lowest BCUT2D eigenvalue weighted by molar-refractivity contribution is 0.175. The van der Waals surface area contributed by atoms with Crippen molar-refractivity contribution in [1.82, 2.24) is 9.55 Å². The molecule has 1 unspecified atom stereocenters. The van der Waals surface area contributed by atoms with E-state index in [1.165, 1.54) is 19.3 Å². The number of hydrogen-bond donors (Lipinski definition) is 1. The molecular weight excluding hydrogens is 224 g/mol. The third-order valence-corrected chi connectivity index (χ3v) is 4.18. The minimum absolute atomic E-state index is 0.183. The topological polar surface area (TPSA) is 38.0 Å². The smallest absolute Gasteiger partial charge is 0.107 e. The number of aliphatic hydroxyl groups is 1. The molecular formula is C15H20N2O. The maximum Gasteiger partial charge on any atom is 0.107 e. The van der Waals surface area contributed by atoms with Gasteiger partial charge < -0.3 is 9.67 Å². The van der Waals surface area contributed by atoms with Crippen LogP contribution < -0.4 is 0 Å². The van der Waals surface area contributed by atoms with Gasteiger partial charge in [0.1, 0.15) is 5.82 Å². The fraction of sp³-hybridized carbons (Fsp3) is 0.533. The molecule has 0 spiro atoms. The summed E-state index contributed by atoms with van der Waals surface area (Å²) in [5.41, 5.74) is 2.18. The van der Waals surface area contributed by atoms with Gasteiger partial charge in [0, 0.05) is 0 Å². The fourth-order valence-corrected chi connectivity index (χ4v) is 3.00. The van der Waals surface area contributed by atoms with E-state index < -0.39 is 0 Å². The standard InChI is InChI=1S/C15H20N2O/c1-11-16-14-7-2-3-8-15(14)17(11)13(10-18)9-12-5-4-6-12/h2-3,7-8,12-13,18H,4-6,9-10H2,1H3. The molecule has 1 N–H and O–H groups in total. The highest BCUT2D eigenvalue weighted by atomic mass is 16.3. The predicted molar refractivity (Wildman–Crippen MR) is 72.6 cm³/mol. The Labute approximate surface area is 107 Å². The molecule has 18 heavy (non-hydrogen) atoms. The van der Waals surface area contributed by atoms with Crippen molar-refractivity contribution in [2.45, 2.75) is 38.6 Å². The van der Waals surface area contributed by atoms with E-state index in [9.17, 15) is 5.11 Å². The van der Waals surface area contributed by atoms with Gasteiger partial charge in [-0.05, 0) is 31.4 Å². The molecule has 1 aromatic carbocycles. The molecule has 0 radical (unpaired) electrons. The molecule has 3 nitrogen and oxygen atoms in total. The maximum absolute atomic E-state index is 9.70. The van der Waals surface area contributed by atoms with Crippen molar-refractivity contribution in [3.05, 3.63) is 30.1 Å². The van der Waals surface area contributed by atoms with Crippen molar-refractivity contribution < 1.29 is 5.11 Å². The number of aliphatic hydroxyl groups excluding tert-OH is 1. The molecule has 0 saturated heterocycles. The summed E-state index contributed by atoms with van der Waals surface area (Å²) in [6.45, 7) is 2.24. The largest absolute Gasteiger partial charge is 0.394 e. The monoisotopic (exact) mass is 244 g/mol. The molecule has 1 saturated carbocycles. The molecule has 3 rings (SSSR count). The summed E-state index contributed by atoms with van der Waals surface area (Å²) in [4.78, 5) is 4.58. The van der Waals surface area contributed by atoms with Crippen LogP contribution in [0.15, 0.2) is 24.3 Å². The van der Waals surface area contributed by atoms with Crippen LogP contribution in [0, 0.1) is 12.8 Å². The van der Waals surface area contributed by atoms with E-state index in [1.807, 2.05) is 25.1 Å². The number of aryl methyl sites for hydroxylation is 1. The zero-order valence-electron chi connectivity index (χ0n) is 10.8. The second-order valence-corrected chi connectivity index (χ2v) is 5.39. The van der Waals surface area contributed by atoms with E-state index in [0.717, 1.165) is 29.2 Å². The summed E-state index contributed by atoms with van der Waals surface area (Å²) >= 11 is 0. The van der Waals surface area contributed by atoms with Crippen molar-refractivity contribution in [2.24, 2.45) is 5.92 Å². The Morgan fingerprint density at radius 3 is 2.83 bits per heavy atom. The Hall–Kier alpha value is -1.35. The summed E-state index contributed by atoms with van der Waals surface area (Å²) in [5.74, 6) is 1.80. The van der Waals surface area contributed by atoms with Crippen molar-refractivity contribution >= 4 is 11.0 Å². The number of hydrogen-bond acceptors (Lipinski definition) is 2. The molecule has 1 aliphatic carbocycles. The normalized spacial score (nSPS) is 17.9. The first-order valence-electron chi connectivity index (χ1n) is 6.84. The molecule has 0 aliphatic heterocycles. The van der Waals surface area contributed by atoms with E-state index in [0.29, 0.717) is 0 Å². The molecule has 0 bridgehead atoms. The molecule has 3 heteroatoms. The van der Waals surface area contributed by atoms with Crippen molar-refractivity contribution in [3.8, 4) is 0 Å². The summed E-state index contributed by atoms with van der Waals surface area (Å²) in [6, 6.07) is 8.37. The Balaban J connectivity index is 1.97. The van der Waals surface area contributed by atoms with Crippen LogP contribution in [0.3, 0.4) is 0 Å². The number of rotatable bonds is 4. The summed E-state index contributed by atoms with van der Waals surface area (Å²) in [6.07, 6.45) is 5.08. The molecule has 1 fully saturated rings. The SMILES string of the molecule is Cc1nc2ccccc2n1C(CO)CC1CCC1. The molecule has 1 heterocycles. The molecule has 0 amide bonds. The highest BCUT2D eigenvalue weighted by molar-refractivity contribution is 5.76. The second-order valence-electron chi connectivity index (χ2n) is 5.39. The van der Waals surface area contributed by atoms with Gasteiger partial charge in [0.05, 0.1) is 23.7 Å². The van der Waals surface area contributed by atoms with Gasteiger partial charge in [-0.15, -0.1) is 0 Å². The Bertz CT molecular complexity index is 542. The number of para-hydroxylation sites is 2. The predicted octanol–water partition coefficient (Wildman–Crippen LogP) is 3.07. The lowest BCUT2D eigenvalue weighted by Gasteiger charge is -2.30. The van der Waals surface area contributed by atoms with Crippen LogP contribution in [-0.4, -0.2) is 21.3 Å². The number of fused-ring (bicyclic) bond motifs is 1.